The minimum absolute atomic E-state index is 0.0738. The fraction of sp³-hybridized carbons (Fsp3) is 0.333. The van der Waals surface area contributed by atoms with E-state index in [1.54, 1.807) is 0 Å². The Labute approximate surface area is 125 Å². The molecule has 2 aromatic rings. The van der Waals surface area contributed by atoms with Crippen molar-refractivity contribution in [2.24, 2.45) is 5.73 Å². The van der Waals surface area contributed by atoms with Gasteiger partial charge < -0.3 is 15.2 Å². The third-order valence-electron chi connectivity index (χ3n) is 3.68. The lowest BCUT2D eigenvalue weighted by atomic mass is 10.0. The molecule has 1 aliphatic rings. The van der Waals surface area contributed by atoms with Crippen LogP contribution in [-0.2, 0) is 6.42 Å². The molecule has 0 aliphatic carbocycles. The summed E-state index contributed by atoms with van der Waals surface area (Å²) < 4.78 is 12.1. The van der Waals surface area contributed by atoms with E-state index in [0.29, 0.717) is 0 Å². The molecule has 110 valence electrons. The number of nitrogens with two attached hydrogens (primary N) is 1. The maximum absolute atomic E-state index is 6.10. The highest BCUT2D eigenvalue weighted by atomic mass is 16.5. The Bertz CT molecular complexity index is 662. The van der Waals surface area contributed by atoms with Crippen LogP contribution in [0.4, 0.5) is 0 Å². The Morgan fingerprint density at radius 3 is 2.57 bits per heavy atom. The third-order valence-corrected chi connectivity index (χ3v) is 3.68. The van der Waals surface area contributed by atoms with E-state index < -0.39 is 0 Å². The van der Waals surface area contributed by atoms with Gasteiger partial charge in [-0.3, -0.25) is 0 Å². The molecule has 2 N–H and O–H groups in total. The highest BCUT2D eigenvalue weighted by Gasteiger charge is 2.32. The van der Waals surface area contributed by atoms with E-state index in [-0.39, 0.29) is 11.6 Å². The van der Waals surface area contributed by atoms with Crippen LogP contribution >= 0.6 is 0 Å². The van der Waals surface area contributed by atoms with Gasteiger partial charge in [0.2, 0.25) is 0 Å². The van der Waals surface area contributed by atoms with Gasteiger partial charge in [-0.25, -0.2) is 0 Å². The highest BCUT2D eigenvalue weighted by Crippen LogP contribution is 2.44. The van der Waals surface area contributed by atoms with Gasteiger partial charge in [0.1, 0.15) is 11.4 Å². The molecule has 0 amide bonds. The molecular formula is C18H21NO2. The second-order valence-corrected chi connectivity index (χ2v) is 6.21. The zero-order valence-corrected chi connectivity index (χ0v) is 12.7. The molecule has 1 heterocycles. The Balaban J connectivity index is 1.97. The summed E-state index contributed by atoms with van der Waals surface area (Å²) in [5, 5.41) is 0. The van der Waals surface area contributed by atoms with Gasteiger partial charge >= 0.3 is 0 Å². The molecule has 0 unspecified atom stereocenters. The van der Waals surface area contributed by atoms with Gasteiger partial charge in [-0.05, 0) is 32.9 Å². The van der Waals surface area contributed by atoms with Crippen LogP contribution in [0.25, 0.3) is 0 Å². The molecule has 2 aromatic carbocycles. The lowest BCUT2D eigenvalue weighted by Crippen LogP contribution is -2.24. The van der Waals surface area contributed by atoms with Crippen LogP contribution < -0.4 is 15.2 Å². The minimum atomic E-state index is -0.178. The summed E-state index contributed by atoms with van der Waals surface area (Å²) >= 11 is 0. The largest absolute Gasteiger partial charge is 0.483 e. The Morgan fingerprint density at radius 1 is 1.10 bits per heavy atom. The van der Waals surface area contributed by atoms with E-state index in [1.807, 2.05) is 43.3 Å². The maximum Gasteiger partial charge on any atom is 0.169 e. The maximum atomic E-state index is 6.10. The number of hydrogen-bond donors (Lipinski definition) is 1. The predicted molar refractivity (Wildman–Crippen MR) is 84.0 cm³/mol. The number of fused-ring (bicyclic) bond motifs is 1. The zero-order chi connectivity index (χ0) is 15.0. The van der Waals surface area contributed by atoms with Gasteiger partial charge in [-0.1, -0.05) is 30.3 Å². The Hall–Kier alpha value is -2.00. The van der Waals surface area contributed by atoms with Crippen LogP contribution in [0.3, 0.4) is 0 Å². The standard InChI is InChI=1S/C18H21NO2/c1-12(19)14-8-4-5-9-15(14)20-16-10-6-7-13-11-18(2,3)21-17(13)16/h4-10,12H,11,19H2,1-3H3/t12-/m0/s1. The molecule has 0 aromatic heterocycles. The summed E-state index contributed by atoms with van der Waals surface area (Å²) in [5.41, 5.74) is 8.02. The first-order valence-electron chi connectivity index (χ1n) is 7.29. The molecule has 3 heteroatoms. The normalized spacial score (nSPS) is 17.0. The molecule has 0 saturated carbocycles. The van der Waals surface area contributed by atoms with E-state index in [2.05, 4.69) is 19.9 Å². The van der Waals surface area contributed by atoms with Crippen molar-refractivity contribution in [3.8, 4) is 17.2 Å². The van der Waals surface area contributed by atoms with E-state index in [0.717, 1.165) is 29.2 Å². The monoisotopic (exact) mass is 283 g/mol. The first-order valence-corrected chi connectivity index (χ1v) is 7.29. The van der Waals surface area contributed by atoms with Crippen LogP contribution in [0.1, 0.15) is 37.9 Å². The molecule has 1 atom stereocenters. The van der Waals surface area contributed by atoms with Gasteiger partial charge in [0.05, 0.1) is 0 Å². The highest BCUT2D eigenvalue weighted by molar-refractivity contribution is 5.52. The fourth-order valence-electron chi connectivity index (χ4n) is 2.74. The second kappa shape index (κ2) is 5.08. The lowest BCUT2D eigenvalue weighted by molar-refractivity contribution is 0.135. The van der Waals surface area contributed by atoms with Crippen LogP contribution in [0.15, 0.2) is 42.5 Å². The quantitative estimate of drug-likeness (QED) is 0.917. The number of ether oxygens (including phenoxy) is 2. The fourth-order valence-corrected chi connectivity index (χ4v) is 2.74. The SMILES string of the molecule is C[C@H](N)c1ccccc1Oc1cccc2c1OC(C)(C)C2. The van der Waals surface area contributed by atoms with Gasteiger partial charge in [0.15, 0.2) is 11.5 Å². The van der Waals surface area contributed by atoms with Crippen molar-refractivity contribution in [3.63, 3.8) is 0 Å². The van der Waals surface area contributed by atoms with Crippen LogP contribution in [0.2, 0.25) is 0 Å². The molecule has 0 fully saturated rings. The minimum Gasteiger partial charge on any atom is -0.483 e. The van der Waals surface area contributed by atoms with Crippen LogP contribution in [-0.4, -0.2) is 5.60 Å². The van der Waals surface area contributed by atoms with E-state index in [9.17, 15) is 0 Å². The Morgan fingerprint density at radius 2 is 1.81 bits per heavy atom. The molecule has 1 aliphatic heterocycles. The van der Waals surface area contributed by atoms with Crippen LogP contribution in [0.5, 0.6) is 17.2 Å². The van der Waals surface area contributed by atoms with Crippen LogP contribution in [0, 0.1) is 0 Å². The number of para-hydroxylation sites is 2. The van der Waals surface area contributed by atoms with Crippen molar-refractivity contribution in [2.45, 2.75) is 38.8 Å². The van der Waals surface area contributed by atoms with Crippen molar-refractivity contribution in [3.05, 3.63) is 53.6 Å². The second-order valence-electron chi connectivity index (χ2n) is 6.21. The summed E-state index contributed by atoms with van der Waals surface area (Å²) in [6.07, 6.45) is 0.897. The molecule has 0 saturated heterocycles. The zero-order valence-electron chi connectivity index (χ0n) is 12.7. The first kappa shape index (κ1) is 14.0. The average Bonchev–Trinajstić information content (AvgIpc) is 2.74. The summed E-state index contributed by atoms with van der Waals surface area (Å²) in [6, 6.07) is 13.8. The van der Waals surface area contributed by atoms with E-state index in [1.165, 1.54) is 5.56 Å². The van der Waals surface area contributed by atoms with Crippen molar-refractivity contribution in [1.82, 2.24) is 0 Å². The molecule has 21 heavy (non-hydrogen) atoms. The summed E-state index contributed by atoms with van der Waals surface area (Å²) in [6.45, 7) is 6.14. The van der Waals surface area contributed by atoms with Gasteiger partial charge in [-0.15, -0.1) is 0 Å². The average molecular weight is 283 g/mol. The van der Waals surface area contributed by atoms with Gasteiger partial charge in [0.25, 0.3) is 0 Å². The van der Waals surface area contributed by atoms with Crippen molar-refractivity contribution in [2.75, 3.05) is 0 Å². The van der Waals surface area contributed by atoms with Gasteiger partial charge in [0, 0.05) is 23.6 Å². The molecule has 0 spiro atoms. The van der Waals surface area contributed by atoms with E-state index in [4.69, 9.17) is 15.2 Å². The van der Waals surface area contributed by atoms with E-state index >= 15 is 0 Å². The molecule has 0 radical (unpaired) electrons. The Kier molecular flexibility index (Phi) is 3.38. The summed E-state index contributed by atoms with van der Waals surface area (Å²) in [5.74, 6) is 2.39. The molecule has 3 rings (SSSR count). The summed E-state index contributed by atoms with van der Waals surface area (Å²) in [4.78, 5) is 0. The molecule has 3 nitrogen and oxygen atoms in total. The first-order chi connectivity index (χ1) is 9.96. The molecule has 0 bridgehead atoms. The number of hydrogen-bond acceptors (Lipinski definition) is 3. The summed E-state index contributed by atoms with van der Waals surface area (Å²) in [7, 11) is 0. The predicted octanol–water partition coefficient (Wildman–Crippen LogP) is 4.21. The number of benzene rings is 2. The van der Waals surface area contributed by atoms with Crippen molar-refractivity contribution >= 4 is 0 Å². The smallest absolute Gasteiger partial charge is 0.169 e. The van der Waals surface area contributed by atoms with Crippen molar-refractivity contribution < 1.29 is 9.47 Å². The number of rotatable bonds is 3. The lowest BCUT2D eigenvalue weighted by Gasteiger charge is -2.19. The molecular weight excluding hydrogens is 262 g/mol. The topological polar surface area (TPSA) is 44.5 Å². The third kappa shape index (κ3) is 2.74. The van der Waals surface area contributed by atoms with Gasteiger partial charge in [-0.2, -0.15) is 0 Å². The van der Waals surface area contributed by atoms with Crippen molar-refractivity contribution in [1.29, 1.82) is 0 Å².